The first-order valence-electron chi connectivity index (χ1n) is 6.60. The Labute approximate surface area is 108 Å². The van der Waals surface area contributed by atoms with Gasteiger partial charge in [0.25, 0.3) is 0 Å². The van der Waals surface area contributed by atoms with Crippen molar-refractivity contribution in [2.75, 3.05) is 6.61 Å². The van der Waals surface area contributed by atoms with Gasteiger partial charge in [-0.05, 0) is 18.4 Å². The van der Waals surface area contributed by atoms with Gasteiger partial charge < -0.3 is 10.4 Å². The summed E-state index contributed by atoms with van der Waals surface area (Å²) in [4.78, 5) is 0. The van der Waals surface area contributed by atoms with E-state index in [2.05, 4.69) is 11.4 Å². The minimum absolute atomic E-state index is 0.0152. The molecule has 18 heavy (non-hydrogen) atoms. The summed E-state index contributed by atoms with van der Waals surface area (Å²) in [5.41, 5.74) is 0.941. The Morgan fingerprint density at radius 1 is 1.28 bits per heavy atom. The normalized spacial score (nSPS) is 19.3. The molecule has 3 nitrogen and oxygen atoms in total. The fourth-order valence-corrected chi connectivity index (χ4v) is 2.80. The Morgan fingerprint density at radius 2 is 1.94 bits per heavy atom. The van der Waals surface area contributed by atoms with Crippen molar-refractivity contribution in [1.82, 2.24) is 5.32 Å². The van der Waals surface area contributed by atoms with Crippen LogP contribution in [0.25, 0.3) is 0 Å². The lowest BCUT2D eigenvalue weighted by Gasteiger charge is -2.33. The number of aliphatic hydroxyl groups excluding tert-OH is 1. The Morgan fingerprint density at radius 3 is 2.50 bits per heavy atom. The molecule has 1 fully saturated rings. The van der Waals surface area contributed by atoms with Gasteiger partial charge >= 0.3 is 0 Å². The molecule has 1 aromatic carbocycles. The monoisotopic (exact) mass is 244 g/mol. The van der Waals surface area contributed by atoms with Crippen molar-refractivity contribution in [1.29, 1.82) is 5.26 Å². The number of nitriles is 1. The molecule has 1 aliphatic rings. The van der Waals surface area contributed by atoms with E-state index in [1.807, 2.05) is 30.3 Å². The molecule has 1 saturated carbocycles. The molecule has 96 valence electrons. The molecule has 0 bridgehead atoms. The van der Waals surface area contributed by atoms with Crippen molar-refractivity contribution in [2.24, 2.45) is 0 Å². The van der Waals surface area contributed by atoms with Gasteiger partial charge in [-0.3, -0.25) is 0 Å². The van der Waals surface area contributed by atoms with Gasteiger partial charge in [-0.15, -0.1) is 0 Å². The van der Waals surface area contributed by atoms with Gasteiger partial charge in [-0.2, -0.15) is 5.26 Å². The average molecular weight is 244 g/mol. The van der Waals surface area contributed by atoms with Crippen LogP contribution in [0.5, 0.6) is 0 Å². The molecule has 1 aliphatic carbocycles. The van der Waals surface area contributed by atoms with Gasteiger partial charge in [0.05, 0.1) is 19.1 Å². The standard InChI is InChI=1S/C15H20N2O/c16-11-8-14(13-6-2-1-3-7-13)17-15(12-18)9-4-5-10-15/h1-3,6-7,14,17-18H,4-5,8-10,12H2. The average Bonchev–Trinajstić information content (AvgIpc) is 2.89. The van der Waals surface area contributed by atoms with E-state index in [4.69, 9.17) is 5.26 Å². The fraction of sp³-hybridized carbons (Fsp3) is 0.533. The van der Waals surface area contributed by atoms with E-state index in [-0.39, 0.29) is 18.2 Å². The van der Waals surface area contributed by atoms with Crippen molar-refractivity contribution in [2.45, 2.75) is 43.7 Å². The Kier molecular flexibility index (Phi) is 4.35. The van der Waals surface area contributed by atoms with Gasteiger partial charge in [-0.25, -0.2) is 0 Å². The molecule has 1 aromatic rings. The lowest BCUT2D eigenvalue weighted by molar-refractivity contribution is 0.151. The molecule has 2 rings (SSSR count). The third kappa shape index (κ3) is 2.90. The van der Waals surface area contributed by atoms with Gasteiger partial charge in [0, 0.05) is 11.6 Å². The summed E-state index contributed by atoms with van der Waals surface area (Å²) < 4.78 is 0. The number of hydrogen-bond donors (Lipinski definition) is 2. The van der Waals surface area contributed by atoms with Crippen LogP contribution < -0.4 is 5.32 Å². The van der Waals surface area contributed by atoms with Crippen LogP contribution in [-0.4, -0.2) is 17.3 Å². The van der Waals surface area contributed by atoms with Crippen molar-refractivity contribution in [3.05, 3.63) is 35.9 Å². The molecule has 0 aliphatic heterocycles. The largest absolute Gasteiger partial charge is 0.394 e. The molecular weight excluding hydrogens is 224 g/mol. The maximum atomic E-state index is 9.64. The van der Waals surface area contributed by atoms with Crippen LogP contribution in [-0.2, 0) is 0 Å². The predicted molar refractivity (Wildman–Crippen MR) is 70.8 cm³/mol. The topological polar surface area (TPSA) is 56.0 Å². The third-order valence-electron chi connectivity index (χ3n) is 3.84. The van der Waals surface area contributed by atoms with Crippen LogP contribution >= 0.6 is 0 Å². The number of hydrogen-bond acceptors (Lipinski definition) is 3. The number of nitrogens with one attached hydrogen (secondary N) is 1. The van der Waals surface area contributed by atoms with Gasteiger partial charge in [0.2, 0.25) is 0 Å². The zero-order valence-corrected chi connectivity index (χ0v) is 10.6. The first-order valence-corrected chi connectivity index (χ1v) is 6.60. The molecular formula is C15H20N2O. The molecule has 0 aromatic heterocycles. The molecule has 1 unspecified atom stereocenters. The van der Waals surface area contributed by atoms with Crippen LogP contribution in [0.2, 0.25) is 0 Å². The number of nitrogens with zero attached hydrogens (tertiary/aromatic N) is 1. The third-order valence-corrected chi connectivity index (χ3v) is 3.84. The highest BCUT2D eigenvalue weighted by atomic mass is 16.3. The maximum Gasteiger partial charge on any atom is 0.0641 e. The SMILES string of the molecule is N#CCC(NC1(CO)CCCC1)c1ccccc1. The molecule has 0 saturated heterocycles. The Bertz CT molecular complexity index is 404. The minimum atomic E-state index is -0.183. The molecule has 2 N–H and O–H groups in total. The quantitative estimate of drug-likeness (QED) is 0.837. The summed E-state index contributed by atoms with van der Waals surface area (Å²) in [7, 11) is 0. The van der Waals surface area contributed by atoms with Gasteiger partial charge in [-0.1, -0.05) is 43.2 Å². The highest BCUT2D eigenvalue weighted by Crippen LogP contribution is 2.32. The molecule has 1 atom stereocenters. The summed E-state index contributed by atoms with van der Waals surface area (Å²) in [6, 6.07) is 12.3. The van der Waals surface area contributed by atoms with E-state index in [9.17, 15) is 5.11 Å². The van der Waals surface area contributed by atoms with Crippen LogP contribution in [0.1, 0.15) is 43.7 Å². The van der Waals surface area contributed by atoms with Crippen molar-refractivity contribution in [3.8, 4) is 6.07 Å². The van der Waals surface area contributed by atoms with Crippen LogP contribution in [0.15, 0.2) is 30.3 Å². The van der Waals surface area contributed by atoms with Gasteiger partial charge in [0.15, 0.2) is 0 Å². The van der Waals surface area contributed by atoms with Crippen molar-refractivity contribution < 1.29 is 5.11 Å². The van der Waals surface area contributed by atoms with E-state index in [0.29, 0.717) is 6.42 Å². The second-order valence-corrected chi connectivity index (χ2v) is 5.12. The van der Waals surface area contributed by atoms with Crippen LogP contribution in [0.3, 0.4) is 0 Å². The zero-order valence-electron chi connectivity index (χ0n) is 10.6. The molecule has 0 amide bonds. The van der Waals surface area contributed by atoms with Crippen molar-refractivity contribution >= 4 is 0 Å². The number of benzene rings is 1. The highest BCUT2D eigenvalue weighted by Gasteiger charge is 2.35. The van der Waals surface area contributed by atoms with E-state index in [1.54, 1.807) is 0 Å². The lowest BCUT2D eigenvalue weighted by Crippen LogP contribution is -2.47. The smallest absolute Gasteiger partial charge is 0.0641 e. The first kappa shape index (κ1) is 13.1. The molecule has 3 heteroatoms. The predicted octanol–water partition coefficient (Wildman–Crippen LogP) is 2.54. The van der Waals surface area contributed by atoms with Crippen LogP contribution in [0.4, 0.5) is 0 Å². The number of aliphatic hydroxyl groups is 1. The summed E-state index contributed by atoms with van der Waals surface area (Å²) in [6.07, 6.45) is 4.74. The fourth-order valence-electron chi connectivity index (χ4n) is 2.80. The summed E-state index contributed by atoms with van der Waals surface area (Å²) in [6.45, 7) is 0.155. The zero-order chi connectivity index (χ0) is 12.8. The first-order chi connectivity index (χ1) is 8.79. The molecule has 0 spiro atoms. The molecule has 0 heterocycles. The minimum Gasteiger partial charge on any atom is -0.394 e. The van der Waals surface area contributed by atoms with E-state index in [1.165, 1.54) is 0 Å². The molecule has 0 radical (unpaired) electrons. The Hall–Kier alpha value is -1.37. The van der Waals surface area contributed by atoms with E-state index < -0.39 is 0 Å². The second kappa shape index (κ2) is 5.99. The van der Waals surface area contributed by atoms with Gasteiger partial charge in [0.1, 0.15) is 0 Å². The summed E-state index contributed by atoms with van der Waals surface area (Å²) >= 11 is 0. The van der Waals surface area contributed by atoms with Crippen LogP contribution in [0, 0.1) is 11.3 Å². The summed E-state index contributed by atoms with van der Waals surface area (Å²) in [5, 5.41) is 22.1. The second-order valence-electron chi connectivity index (χ2n) is 5.12. The number of rotatable bonds is 5. The Balaban J connectivity index is 2.14. The van der Waals surface area contributed by atoms with Crippen molar-refractivity contribution in [3.63, 3.8) is 0 Å². The lowest BCUT2D eigenvalue weighted by atomic mass is 9.94. The van der Waals surface area contributed by atoms with E-state index >= 15 is 0 Å². The highest BCUT2D eigenvalue weighted by molar-refractivity contribution is 5.21. The summed E-state index contributed by atoms with van der Waals surface area (Å²) in [5.74, 6) is 0. The van der Waals surface area contributed by atoms with E-state index in [0.717, 1.165) is 31.2 Å². The maximum absolute atomic E-state index is 9.64.